The maximum Gasteiger partial charge on any atom is 0.0197 e. The summed E-state index contributed by atoms with van der Waals surface area (Å²) in [5.41, 5.74) is 15.0. The molecule has 0 heterocycles. The van der Waals surface area contributed by atoms with Crippen LogP contribution in [0.1, 0.15) is 129 Å². The van der Waals surface area contributed by atoms with Gasteiger partial charge < -0.3 is 0 Å². The number of rotatable bonds is 7. The predicted molar refractivity (Wildman–Crippen MR) is 180 cm³/mol. The van der Waals surface area contributed by atoms with E-state index in [9.17, 15) is 0 Å². The molecule has 0 saturated heterocycles. The Morgan fingerprint density at radius 2 is 1.63 bits per heavy atom. The van der Waals surface area contributed by atoms with E-state index in [0.29, 0.717) is 11.8 Å². The molecular formula is C41H56. The molecule has 0 amide bonds. The first-order valence-corrected chi connectivity index (χ1v) is 16.5. The van der Waals surface area contributed by atoms with Crippen molar-refractivity contribution in [2.45, 2.75) is 119 Å². The topological polar surface area (TPSA) is 0 Å². The summed E-state index contributed by atoms with van der Waals surface area (Å²) in [5, 5.41) is 0. The molecule has 4 aliphatic rings. The molecule has 1 fully saturated rings. The molecule has 0 aromatic heterocycles. The van der Waals surface area contributed by atoms with Crippen LogP contribution < -0.4 is 0 Å². The quantitative estimate of drug-likeness (QED) is 0.297. The lowest BCUT2D eigenvalue weighted by Gasteiger charge is -2.68. The van der Waals surface area contributed by atoms with Crippen LogP contribution >= 0.6 is 0 Å². The molecule has 0 aliphatic heterocycles. The van der Waals surface area contributed by atoms with Gasteiger partial charge in [0.15, 0.2) is 0 Å². The van der Waals surface area contributed by atoms with E-state index in [-0.39, 0.29) is 16.2 Å². The lowest BCUT2D eigenvalue weighted by molar-refractivity contribution is -0.0411. The highest BCUT2D eigenvalue weighted by Crippen LogP contribution is 2.76. The van der Waals surface area contributed by atoms with Crippen LogP contribution in [0.2, 0.25) is 0 Å². The van der Waals surface area contributed by atoms with Gasteiger partial charge in [0, 0.05) is 10.8 Å². The van der Waals surface area contributed by atoms with Gasteiger partial charge in [0.1, 0.15) is 0 Å². The van der Waals surface area contributed by atoms with Crippen molar-refractivity contribution in [1.82, 2.24) is 0 Å². The minimum Gasteiger partial charge on any atom is -0.0999 e. The Kier molecular flexibility index (Phi) is 7.66. The zero-order chi connectivity index (χ0) is 30.1. The van der Waals surface area contributed by atoms with Crippen molar-refractivity contribution in [3.8, 4) is 0 Å². The molecule has 41 heavy (non-hydrogen) atoms. The zero-order valence-corrected chi connectivity index (χ0v) is 27.7. The summed E-state index contributed by atoms with van der Waals surface area (Å²) in [5.74, 6) is 1.80. The van der Waals surface area contributed by atoms with Crippen molar-refractivity contribution < 1.29 is 0 Å². The van der Waals surface area contributed by atoms with E-state index in [0.717, 1.165) is 30.8 Å². The number of hydrogen-bond acceptors (Lipinski definition) is 0. The molecule has 0 nitrogen and oxygen atoms in total. The molecule has 0 unspecified atom stereocenters. The van der Waals surface area contributed by atoms with Crippen molar-refractivity contribution in [3.63, 3.8) is 0 Å². The summed E-state index contributed by atoms with van der Waals surface area (Å²) in [4.78, 5) is 0. The molecule has 0 N–H and O–H groups in total. The van der Waals surface area contributed by atoms with E-state index >= 15 is 0 Å². The highest BCUT2D eigenvalue weighted by molar-refractivity contribution is 5.87. The minimum atomic E-state index is -0.173. The van der Waals surface area contributed by atoms with Gasteiger partial charge in [-0.1, -0.05) is 120 Å². The van der Waals surface area contributed by atoms with Gasteiger partial charge in [-0.3, -0.25) is 0 Å². The van der Waals surface area contributed by atoms with Crippen molar-refractivity contribution in [1.29, 1.82) is 0 Å². The molecule has 1 aromatic carbocycles. The Bertz CT molecular complexity index is 1380. The van der Waals surface area contributed by atoms with Gasteiger partial charge in [0.2, 0.25) is 0 Å². The third kappa shape index (κ3) is 4.13. The monoisotopic (exact) mass is 548 g/mol. The first-order valence-electron chi connectivity index (χ1n) is 16.5. The Balaban J connectivity index is 1.83. The Hall–Kier alpha value is -2.34. The molecule has 0 spiro atoms. The second kappa shape index (κ2) is 10.4. The van der Waals surface area contributed by atoms with Crippen LogP contribution in [0.25, 0.3) is 5.57 Å². The molecule has 5 rings (SSSR count). The molecule has 220 valence electrons. The second-order valence-corrected chi connectivity index (χ2v) is 15.1. The summed E-state index contributed by atoms with van der Waals surface area (Å²) in [6, 6.07) is 7.06. The number of aryl methyl sites for hydroxylation is 1. The summed E-state index contributed by atoms with van der Waals surface area (Å²) in [6.45, 7) is 38.3. The van der Waals surface area contributed by atoms with Gasteiger partial charge in [-0.05, 0) is 122 Å². The summed E-state index contributed by atoms with van der Waals surface area (Å²) in [7, 11) is 0. The minimum absolute atomic E-state index is 0.0147. The van der Waals surface area contributed by atoms with E-state index in [2.05, 4.69) is 86.7 Å². The third-order valence-corrected chi connectivity index (χ3v) is 13.0. The Morgan fingerprint density at radius 1 is 0.976 bits per heavy atom. The van der Waals surface area contributed by atoms with E-state index in [4.69, 9.17) is 13.2 Å². The average molecular weight is 549 g/mol. The van der Waals surface area contributed by atoms with Crippen LogP contribution in [0.5, 0.6) is 0 Å². The first-order chi connectivity index (χ1) is 19.2. The van der Waals surface area contributed by atoms with Gasteiger partial charge in [-0.25, -0.2) is 0 Å². The Morgan fingerprint density at radius 3 is 2.24 bits per heavy atom. The normalized spacial score (nSPS) is 33.6. The van der Waals surface area contributed by atoms with Crippen LogP contribution in [0, 0.1) is 35.0 Å². The fourth-order valence-corrected chi connectivity index (χ4v) is 10.7. The molecule has 4 aliphatic carbocycles. The molecule has 1 saturated carbocycles. The van der Waals surface area contributed by atoms with E-state index < -0.39 is 0 Å². The molecule has 0 radical (unpaired) electrons. The second-order valence-electron chi connectivity index (χ2n) is 15.1. The summed E-state index contributed by atoms with van der Waals surface area (Å²) >= 11 is 0. The smallest absolute Gasteiger partial charge is 0.0197 e. The maximum absolute atomic E-state index is 4.95. The van der Waals surface area contributed by atoms with Crippen molar-refractivity contribution in [2.75, 3.05) is 0 Å². The van der Waals surface area contributed by atoms with Crippen LogP contribution in [-0.4, -0.2) is 0 Å². The zero-order valence-electron chi connectivity index (χ0n) is 27.7. The van der Waals surface area contributed by atoms with E-state index in [1.54, 1.807) is 5.56 Å². The lowest BCUT2D eigenvalue weighted by atomic mass is 9.35. The fraction of sp³-hybridized carbons (Fsp3) is 0.561. The van der Waals surface area contributed by atoms with Crippen LogP contribution in [0.15, 0.2) is 83.5 Å². The highest BCUT2D eigenvalue weighted by atomic mass is 14.7. The standard InChI is InChI=1S/C41H56/c1-13-26(4)23-35-39(10)24-28(6)36(25(2)3)30(8)41(39,12)31(9)38-29(7)37-27(5)17-16-20-33(37)34(40(35,38)11)22-21-32-18-14-15-19-32/h16-17,20,32,34-35H,2,4,7-8,13-15,18-19,21-24H2,1,3,5-6,9-12H3/t34-,35+,39+,40-,41-/m1/s1. The predicted octanol–water partition coefficient (Wildman–Crippen LogP) is 12.2. The molecule has 0 heteroatoms. The largest absolute Gasteiger partial charge is 0.0999 e. The highest BCUT2D eigenvalue weighted by Gasteiger charge is 2.66. The number of allylic oxidation sites excluding steroid dienone is 8. The lowest BCUT2D eigenvalue weighted by Crippen LogP contribution is -2.59. The Labute approximate surface area is 252 Å². The SMILES string of the molecule is C=C(CC)C[C@@H]1[C@]2(C)C(=C(C)[C@@]3(C)C(=C)C(C(=C)C)=C(C)C[C@@]13C)C(=C)c1c(C)cccc1[C@H]2CCC1CCCC1. The summed E-state index contributed by atoms with van der Waals surface area (Å²) < 4.78 is 0. The molecule has 1 aromatic rings. The van der Waals surface area contributed by atoms with Crippen molar-refractivity contribution in [3.05, 3.63) is 100 Å². The van der Waals surface area contributed by atoms with Crippen LogP contribution in [0.4, 0.5) is 0 Å². The molecule has 0 bridgehead atoms. The van der Waals surface area contributed by atoms with E-state index in [1.807, 2.05) is 0 Å². The summed E-state index contributed by atoms with van der Waals surface area (Å²) in [6.07, 6.45) is 11.4. The first kappa shape index (κ1) is 30.1. The van der Waals surface area contributed by atoms with Crippen molar-refractivity contribution >= 4 is 5.57 Å². The molecule has 5 atom stereocenters. The van der Waals surface area contributed by atoms with Gasteiger partial charge in [0.05, 0.1) is 0 Å². The van der Waals surface area contributed by atoms with Gasteiger partial charge >= 0.3 is 0 Å². The third-order valence-electron chi connectivity index (χ3n) is 13.0. The van der Waals surface area contributed by atoms with Crippen LogP contribution in [0.3, 0.4) is 0 Å². The number of hydrogen-bond donors (Lipinski definition) is 0. The molecular weight excluding hydrogens is 492 g/mol. The van der Waals surface area contributed by atoms with Gasteiger partial charge in [-0.15, -0.1) is 0 Å². The van der Waals surface area contributed by atoms with Crippen LogP contribution in [-0.2, 0) is 0 Å². The van der Waals surface area contributed by atoms with Gasteiger partial charge in [-0.2, -0.15) is 0 Å². The van der Waals surface area contributed by atoms with E-state index in [1.165, 1.54) is 88.7 Å². The van der Waals surface area contributed by atoms with Gasteiger partial charge in [0.25, 0.3) is 0 Å². The average Bonchev–Trinajstić information content (AvgIpc) is 3.42. The fourth-order valence-electron chi connectivity index (χ4n) is 10.7. The number of fused-ring (bicyclic) bond motifs is 3. The number of benzene rings is 1. The van der Waals surface area contributed by atoms with Crippen molar-refractivity contribution in [2.24, 2.45) is 28.1 Å². The maximum atomic E-state index is 4.95.